The lowest BCUT2D eigenvalue weighted by molar-refractivity contribution is -0.186. The third-order valence-corrected chi connectivity index (χ3v) is 19.1. The fourth-order valence-corrected chi connectivity index (χ4v) is 14.7. The zero-order valence-corrected chi connectivity index (χ0v) is 45.5. The van der Waals surface area contributed by atoms with Crippen LogP contribution in [0.2, 0.25) is 5.04 Å². The number of hydrogen-bond donors (Lipinski definition) is 0. The van der Waals surface area contributed by atoms with E-state index in [1.165, 1.54) is 21.5 Å². The highest BCUT2D eigenvalue weighted by Gasteiger charge is 2.52. The van der Waals surface area contributed by atoms with Crippen LogP contribution in [-0.4, -0.2) is 77.0 Å². The molecule has 0 N–H and O–H groups in total. The lowest BCUT2D eigenvalue weighted by Crippen LogP contribution is -2.67. The number of aromatic nitrogens is 4. The van der Waals surface area contributed by atoms with E-state index in [9.17, 15) is 24.0 Å². The van der Waals surface area contributed by atoms with Gasteiger partial charge in [0.15, 0.2) is 12.4 Å². The van der Waals surface area contributed by atoms with Crippen molar-refractivity contribution in [1.29, 1.82) is 0 Å². The fraction of sp³-hybridized carbons (Fsp3) is 0.350. The van der Waals surface area contributed by atoms with Crippen molar-refractivity contribution in [1.82, 2.24) is 18.3 Å². The van der Waals surface area contributed by atoms with Gasteiger partial charge in [-0.1, -0.05) is 160 Å². The minimum atomic E-state index is -3.10. The standard InChI is InChI=1S/C60H66N4O13Si/c1-42-35-61(58(68)63(54(42)65)40-70-37-44-21-11-6-12-22-44)52-33-49(51(75-52)39-74-78(60(3,4)5,47-27-17-9-18-28-47)48-29-19-10-20-30-48)72-31-32-73-57-50(76-56(67)46-25-15-8-16-26-46)34-53(77-57)62-36-43(2)55(66)64(59(62)69)41-71-38-45-23-13-7-14-24-45/h6-30,35-36,49-53,57H,31-34,37-41H2,1-5H3/t49-,50-,51+,52+,53+,57-/m0/s1. The largest absolute Gasteiger partial charge is 0.453 e. The van der Waals surface area contributed by atoms with Gasteiger partial charge in [-0.05, 0) is 52.5 Å². The highest BCUT2D eigenvalue weighted by atomic mass is 28.4. The van der Waals surface area contributed by atoms with Gasteiger partial charge < -0.3 is 37.6 Å². The summed E-state index contributed by atoms with van der Waals surface area (Å²) in [7, 11) is -3.10. The van der Waals surface area contributed by atoms with Gasteiger partial charge in [-0.15, -0.1) is 0 Å². The van der Waals surface area contributed by atoms with E-state index in [0.29, 0.717) is 11.1 Å². The van der Waals surface area contributed by atoms with E-state index in [1.807, 2.05) is 97.1 Å². The van der Waals surface area contributed by atoms with Crippen LogP contribution in [0, 0.1) is 13.8 Å². The molecule has 408 valence electrons. The van der Waals surface area contributed by atoms with E-state index >= 15 is 0 Å². The monoisotopic (exact) mass is 1080 g/mol. The smallest absolute Gasteiger partial charge is 0.338 e. The Balaban J connectivity index is 0.962. The maximum atomic E-state index is 14.3. The molecule has 0 aliphatic carbocycles. The van der Waals surface area contributed by atoms with Crippen molar-refractivity contribution in [2.75, 3.05) is 19.8 Å². The number of carbonyl (C=O) groups excluding carboxylic acids is 1. The number of carbonyl (C=O) groups is 1. The molecule has 0 amide bonds. The summed E-state index contributed by atoms with van der Waals surface area (Å²) in [4.78, 5) is 68.7. The van der Waals surface area contributed by atoms with Crippen LogP contribution in [0.5, 0.6) is 0 Å². The van der Waals surface area contributed by atoms with Crippen molar-refractivity contribution in [2.45, 2.75) is 116 Å². The van der Waals surface area contributed by atoms with Crippen molar-refractivity contribution in [2.24, 2.45) is 0 Å². The van der Waals surface area contributed by atoms with Crippen LogP contribution in [0.1, 0.15) is 78.7 Å². The molecular formula is C60H66N4O13Si. The molecule has 0 unspecified atom stereocenters. The maximum Gasteiger partial charge on any atom is 0.338 e. The Labute approximate surface area is 453 Å². The zero-order valence-electron chi connectivity index (χ0n) is 44.5. The molecule has 2 saturated heterocycles. The number of ether oxygens (including phenoxy) is 7. The zero-order chi connectivity index (χ0) is 54.8. The van der Waals surface area contributed by atoms with Crippen LogP contribution in [0.4, 0.5) is 0 Å². The number of benzene rings is 5. The molecule has 5 aromatic carbocycles. The molecule has 2 fully saturated rings. The molecule has 9 rings (SSSR count). The normalized spacial score (nSPS) is 19.5. The second kappa shape index (κ2) is 25.1. The lowest BCUT2D eigenvalue weighted by Gasteiger charge is -2.43. The van der Waals surface area contributed by atoms with Gasteiger partial charge in [0.25, 0.3) is 19.4 Å². The van der Waals surface area contributed by atoms with Gasteiger partial charge in [-0.2, -0.15) is 0 Å². The molecule has 0 saturated carbocycles. The molecule has 6 atom stereocenters. The summed E-state index contributed by atoms with van der Waals surface area (Å²) in [5.74, 6) is -0.616. The Morgan fingerprint density at radius 2 is 1.01 bits per heavy atom. The molecule has 0 bridgehead atoms. The highest BCUT2D eigenvalue weighted by Crippen LogP contribution is 2.39. The topological polar surface area (TPSA) is 179 Å². The molecule has 2 aliphatic rings. The van der Waals surface area contributed by atoms with Crippen LogP contribution in [-0.2, 0) is 64.3 Å². The van der Waals surface area contributed by atoms with Gasteiger partial charge in [-0.3, -0.25) is 18.7 Å². The molecule has 18 heteroatoms. The molecule has 0 spiro atoms. The van der Waals surface area contributed by atoms with Gasteiger partial charge >= 0.3 is 17.3 Å². The minimum absolute atomic E-state index is 0.0101. The number of hydrogen-bond acceptors (Lipinski definition) is 13. The minimum Gasteiger partial charge on any atom is -0.453 e. The molecule has 4 heterocycles. The number of esters is 1. The molecular weight excluding hydrogens is 1010 g/mol. The van der Waals surface area contributed by atoms with Crippen LogP contribution >= 0.6 is 0 Å². The molecule has 78 heavy (non-hydrogen) atoms. The van der Waals surface area contributed by atoms with Gasteiger partial charge in [0.1, 0.15) is 32.0 Å². The first-order valence-corrected chi connectivity index (χ1v) is 28.1. The van der Waals surface area contributed by atoms with Gasteiger partial charge in [0.05, 0.1) is 44.7 Å². The summed E-state index contributed by atoms with van der Waals surface area (Å²) in [5, 5.41) is 1.78. The van der Waals surface area contributed by atoms with E-state index in [2.05, 4.69) is 45.0 Å². The predicted octanol–water partition coefficient (Wildman–Crippen LogP) is 6.74. The molecule has 0 radical (unpaired) electrons. The molecule has 2 aromatic heterocycles. The van der Waals surface area contributed by atoms with Crippen molar-refractivity contribution in [3.8, 4) is 0 Å². The maximum absolute atomic E-state index is 14.3. The summed E-state index contributed by atoms with van der Waals surface area (Å²) < 4.78 is 56.1. The Bertz CT molecular complexity index is 3310. The van der Waals surface area contributed by atoms with Crippen molar-refractivity contribution >= 4 is 24.7 Å². The van der Waals surface area contributed by atoms with Crippen molar-refractivity contribution in [3.05, 3.63) is 234 Å². The summed E-state index contributed by atoms with van der Waals surface area (Å²) >= 11 is 0. The van der Waals surface area contributed by atoms with E-state index in [-0.39, 0.29) is 69.9 Å². The molecule has 7 aromatic rings. The first-order valence-electron chi connectivity index (χ1n) is 26.2. The van der Waals surface area contributed by atoms with Gasteiger partial charge in [-0.25, -0.2) is 23.5 Å². The Kier molecular flexibility index (Phi) is 17.9. The van der Waals surface area contributed by atoms with E-state index in [1.54, 1.807) is 44.2 Å². The second-order valence-electron chi connectivity index (χ2n) is 20.5. The van der Waals surface area contributed by atoms with Crippen molar-refractivity contribution < 1.29 is 42.4 Å². The van der Waals surface area contributed by atoms with Crippen LogP contribution in [0.25, 0.3) is 0 Å². The van der Waals surface area contributed by atoms with Crippen LogP contribution in [0.3, 0.4) is 0 Å². The van der Waals surface area contributed by atoms with Gasteiger partial charge in [0, 0.05) is 36.4 Å². The van der Waals surface area contributed by atoms with Crippen LogP contribution < -0.4 is 32.9 Å². The first-order chi connectivity index (χ1) is 37.7. The third-order valence-electron chi connectivity index (χ3n) is 14.1. The van der Waals surface area contributed by atoms with Gasteiger partial charge in [0.2, 0.25) is 0 Å². The average molecular weight is 1080 g/mol. The SMILES string of the molecule is Cc1cn([C@H]2C[C@H](OC(=O)c3ccccc3)[C@@H](OCCO[C@H]3C[C@H](n4cc(C)c(=O)n(COCc5ccccc5)c4=O)O[C@@H]3CO[Si](c3ccccc3)(c3ccccc3)C(C)(C)C)O2)c(=O)n(COCc2ccccc2)c1=O. The summed E-state index contributed by atoms with van der Waals surface area (Å²) in [6.45, 7) is 9.60. The predicted molar refractivity (Wildman–Crippen MR) is 294 cm³/mol. The first kappa shape index (κ1) is 55.6. The van der Waals surface area contributed by atoms with Crippen molar-refractivity contribution in [3.63, 3.8) is 0 Å². The Morgan fingerprint density at radius 3 is 1.50 bits per heavy atom. The summed E-state index contributed by atoms with van der Waals surface area (Å²) in [6, 6.07) is 47.8. The quantitative estimate of drug-likeness (QED) is 0.0397. The fourth-order valence-electron chi connectivity index (χ4n) is 10.2. The Hall–Kier alpha value is -7.13. The molecule has 2 aliphatic heterocycles. The number of nitrogens with zero attached hydrogens (tertiary/aromatic N) is 4. The Morgan fingerprint density at radius 1 is 0.577 bits per heavy atom. The van der Waals surface area contributed by atoms with Crippen LogP contribution in [0.15, 0.2) is 183 Å². The van der Waals surface area contributed by atoms with E-state index in [4.69, 9.17) is 37.6 Å². The van der Waals surface area contributed by atoms with E-state index < -0.39 is 73.8 Å². The molecule has 17 nitrogen and oxygen atoms in total. The lowest BCUT2D eigenvalue weighted by atomic mass is 10.2. The number of aryl methyl sites for hydroxylation is 2. The average Bonchev–Trinajstić information content (AvgIpc) is 4.17. The number of rotatable bonds is 22. The third kappa shape index (κ3) is 12.6. The second-order valence-corrected chi connectivity index (χ2v) is 24.8. The highest BCUT2D eigenvalue weighted by molar-refractivity contribution is 6.99. The van der Waals surface area contributed by atoms with E-state index in [0.717, 1.165) is 30.6 Å². The summed E-state index contributed by atoms with van der Waals surface area (Å²) in [6.07, 6.45) is -2.25. The summed E-state index contributed by atoms with van der Waals surface area (Å²) in [5.41, 5.74) is 0.410.